The number of carbonyl (C=O) groups excluding carboxylic acids is 1. The molecule has 5 heteroatoms. The van der Waals surface area contributed by atoms with E-state index in [2.05, 4.69) is 33.8 Å². The van der Waals surface area contributed by atoms with Crippen LogP contribution >= 0.6 is 0 Å². The Morgan fingerprint density at radius 3 is 2.54 bits per heavy atom. The first-order chi connectivity index (χ1) is 13.3. The average molecular weight is 399 g/mol. The Hall–Kier alpha value is -0.910. The van der Waals surface area contributed by atoms with Crippen molar-refractivity contribution in [3.05, 3.63) is 11.6 Å². The third-order valence-corrected chi connectivity index (χ3v) is 5.49. The molecule has 0 radical (unpaired) electrons. The van der Waals surface area contributed by atoms with E-state index in [4.69, 9.17) is 9.47 Å². The van der Waals surface area contributed by atoms with Crippen LogP contribution in [0.4, 0.5) is 0 Å². The van der Waals surface area contributed by atoms with Crippen molar-refractivity contribution in [1.29, 1.82) is 0 Å². The van der Waals surface area contributed by atoms with Crippen LogP contribution in [-0.2, 0) is 14.3 Å². The third-order valence-electron chi connectivity index (χ3n) is 5.49. The Morgan fingerprint density at radius 2 is 1.89 bits per heavy atom. The van der Waals surface area contributed by atoms with Gasteiger partial charge in [0.15, 0.2) is 0 Å². The van der Waals surface area contributed by atoms with Crippen LogP contribution in [0.25, 0.3) is 0 Å². The summed E-state index contributed by atoms with van der Waals surface area (Å²) in [4.78, 5) is 11.8. The zero-order valence-electron chi connectivity index (χ0n) is 18.4. The molecular weight excluding hydrogens is 356 g/mol. The average Bonchev–Trinajstić information content (AvgIpc) is 3.05. The largest absolute Gasteiger partial charge is 0.463 e. The molecule has 0 saturated carbocycles. The first-order valence-corrected chi connectivity index (χ1v) is 11.1. The van der Waals surface area contributed by atoms with Crippen LogP contribution < -0.4 is 0 Å². The van der Waals surface area contributed by atoms with Gasteiger partial charge in [-0.3, -0.25) is 4.79 Å². The molecule has 1 rings (SSSR count). The van der Waals surface area contributed by atoms with Crippen LogP contribution in [0.1, 0.15) is 85.5 Å². The topological polar surface area (TPSA) is 76.0 Å². The molecule has 1 aliphatic heterocycles. The number of rotatable bonds is 14. The number of aliphatic hydroxyl groups is 2. The highest BCUT2D eigenvalue weighted by Crippen LogP contribution is 2.20. The minimum atomic E-state index is -0.971. The van der Waals surface area contributed by atoms with Gasteiger partial charge in [-0.25, -0.2) is 0 Å². The Balaban J connectivity index is 2.09. The Bertz CT molecular complexity index is 460. The molecule has 164 valence electrons. The molecule has 2 unspecified atom stereocenters. The summed E-state index contributed by atoms with van der Waals surface area (Å²) in [5, 5.41) is 19.6. The number of allylic oxidation sites excluding steroid dienone is 2. The van der Waals surface area contributed by atoms with Gasteiger partial charge in [-0.15, -0.1) is 0 Å². The van der Waals surface area contributed by atoms with E-state index in [1.807, 2.05) is 0 Å². The Labute approximate surface area is 171 Å². The SMILES string of the molecule is C/C(=C\CCC(=O)OC[C@@H](O)C1OCC[C@H]1O)CCCC(C)CCCC(C)C. The molecule has 28 heavy (non-hydrogen) atoms. The van der Waals surface area contributed by atoms with Gasteiger partial charge in [0.05, 0.1) is 6.10 Å². The summed E-state index contributed by atoms with van der Waals surface area (Å²) in [5.41, 5.74) is 1.32. The van der Waals surface area contributed by atoms with Crippen LogP contribution in [0, 0.1) is 11.8 Å². The van der Waals surface area contributed by atoms with E-state index in [9.17, 15) is 15.0 Å². The van der Waals surface area contributed by atoms with Crippen LogP contribution in [-0.4, -0.2) is 47.7 Å². The van der Waals surface area contributed by atoms with Crippen molar-refractivity contribution in [3.8, 4) is 0 Å². The highest BCUT2D eigenvalue weighted by atomic mass is 16.6. The number of carbonyl (C=O) groups is 1. The molecule has 2 N–H and O–H groups in total. The minimum Gasteiger partial charge on any atom is -0.463 e. The minimum absolute atomic E-state index is 0.127. The maximum Gasteiger partial charge on any atom is 0.306 e. The summed E-state index contributed by atoms with van der Waals surface area (Å²) >= 11 is 0. The third kappa shape index (κ3) is 11.2. The maximum atomic E-state index is 11.8. The van der Waals surface area contributed by atoms with E-state index < -0.39 is 18.3 Å². The van der Waals surface area contributed by atoms with Gasteiger partial charge in [-0.05, 0) is 44.4 Å². The van der Waals surface area contributed by atoms with Crippen LogP contribution in [0.15, 0.2) is 11.6 Å². The number of ether oxygens (including phenoxy) is 2. The van der Waals surface area contributed by atoms with Crippen LogP contribution in [0.3, 0.4) is 0 Å². The summed E-state index contributed by atoms with van der Waals surface area (Å²) in [7, 11) is 0. The molecule has 0 aromatic rings. The molecule has 0 bridgehead atoms. The van der Waals surface area contributed by atoms with Gasteiger partial charge < -0.3 is 19.7 Å². The van der Waals surface area contributed by atoms with E-state index in [1.165, 1.54) is 37.7 Å². The lowest BCUT2D eigenvalue weighted by atomic mass is 9.94. The van der Waals surface area contributed by atoms with Crippen molar-refractivity contribution < 1.29 is 24.5 Å². The van der Waals surface area contributed by atoms with Crippen LogP contribution in [0.5, 0.6) is 0 Å². The molecular formula is C23H42O5. The molecule has 1 heterocycles. The zero-order valence-corrected chi connectivity index (χ0v) is 18.4. The second-order valence-electron chi connectivity index (χ2n) is 8.85. The van der Waals surface area contributed by atoms with E-state index in [0.29, 0.717) is 25.9 Å². The number of aliphatic hydroxyl groups excluding tert-OH is 2. The van der Waals surface area contributed by atoms with Gasteiger partial charge in [0.2, 0.25) is 0 Å². The second-order valence-corrected chi connectivity index (χ2v) is 8.85. The van der Waals surface area contributed by atoms with Crippen molar-refractivity contribution >= 4 is 5.97 Å². The fourth-order valence-electron chi connectivity index (χ4n) is 3.60. The molecule has 0 aliphatic carbocycles. The molecule has 1 saturated heterocycles. The molecule has 0 aromatic heterocycles. The van der Waals surface area contributed by atoms with Crippen molar-refractivity contribution in [2.24, 2.45) is 11.8 Å². The molecule has 0 amide bonds. The molecule has 5 nitrogen and oxygen atoms in total. The molecule has 0 aromatic carbocycles. The predicted octanol–water partition coefficient (Wildman–Crippen LogP) is 4.40. The fourth-order valence-corrected chi connectivity index (χ4v) is 3.60. The predicted molar refractivity (Wildman–Crippen MR) is 112 cm³/mol. The fraction of sp³-hybridized carbons (Fsp3) is 0.870. The van der Waals surface area contributed by atoms with Crippen LogP contribution in [0.2, 0.25) is 0 Å². The Kier molecular flexibility index (Phi) is 12.7. The van der Waals surface area contributed by atoms with Gasteiger partial charge in [0.1, 0.15) is 18.8 Å². The van der Waals surface area contributed by atoms with Crippen molar-refractivity contribution in [2.75, 3.05) is 13.2 Å². The number of esters is 1. The van der Waals surface area contributed by atoms with Crippen molar-refractivity contribution in [2.45, 2.75) is 104 Å². The van der Waals surface area contributed by atoms with E-state index in [0.717, 1.165) is 18.3 Å². The molecule has 0 spiro atoms. The summed E-state index contributed by atoms with van der Waals surface area (Å²) in [6, 6.07) is 0. The van der Waals surface area contributed by atoms with Gasteiger partial charge in [0.25, 0.3) is 0 Å². The van der Waals surface area contributed by atoms with Crippen molar-refractivity contribution in [3.63, 3.8) is 0 Å². The highest BCUT2D eigenvalue weighted by Gasteiger charge is 2.33. The Morgan fingerprint density at radius 1 is 1.18 bits per heavy atom. The van der Waals surface area contributed by atoms with E-state index in [-0.39, 0.29) is 12.6 Å². The second kappa shape index (κ2) is 14.1. The first kappa shape index (κ1) is 25.1. The van der Waals surface area contributed by atoms with E-state index >= 15 is 0 Å². The lowest BCUT2D eigenvalue weighted by Gasteiger charge is -2.20. The lowest BCUT2D eigenvalue weighted by Crippen LogP contribution is -2.38. The summed E-state index contributed by atoms with van der Waals surface area (Å²) in [5.74, 6) is 1.26. The van der Waals surface area contributed by atoms with Gasteiger partial charge in [0, 0.05) is 13.0 Å². The number of hydrogen-bond donors (Lipinski definition) is 2. The molecule has 4 atom stereocenters. The molecule has 1 fully saturated rings. The summed E-state index contributed by atoms with van der Waals surface area (Å²) in [6.45, 7) is 9.34. The monoisotopic (exact) mass is 398 g/mol. The molecule has 1 aliphatic rings. The van der Waals surface area contributed by atoms with Gasteiger partial charge >= 0.3 is 5.97 Å². The highest BCUT2D eigenvalue weighted by molar-refractivity contribution is 5.69. The van der Waals surface area contributed by atoms with E-state index in [1.54, 1.807) is 0 Å². The normalized spacial score (nSPS) is 22.5. The van der Waals surface area contributed by atoms with Gasteiger partial charge in [-0.1, -0.05) is 58.1 Å². The first-order valence-electron chi connectivity index (χ1n) is 11.1. The summed E-state index contributed by atoms with van der Waals surface area (Å²) < 4.78 is 10.4. The smallest absolute Gasteiger partial charge is 0.306 e. The summed E-state index contributed by atoms with van der Waals surface area (Å²) in [6.07, 6.45) is 8.81. The standard InChI is InChI=1S/C23H42O5/c1-17(2)8-5-9-18(3)10-6-11-19(4)12-7-13-22(26)28-16-21(25)23-20(24)14-15-27-23/h12,17-18,20-21,23-25H,5-11,13-16H2,1-4H3/b19-12+/t18?,20-,21-,23?/m1/s1. The zero-order chi connectivity index (χ0) is 20.9. The maximum absolute atomic E-state index is 11.8. The number of hydrogen-bond acceptors (Lipinski definition) is 5. The quantitative estimate of drug-likeness (QED) is 0.335. The van der Waals surface area contributed by atoms with Gasteiger partial charge in [-0.2, -0.15) is 0 Å². The van der Waals surface area contributed by atoms with Crippen molar-refractivity contribution in [1.82, 2.24) is 0 Å². The lowest BCUT2D eigenvalue weighted by molar-refractivity contribution is -0.150.